The molecule has 1 saturated heterocycles. The molecule has 2 rings (SSSR count). The monoisotopic (exact) mass is 231 g/mol. The number of hydrogen-bond donors (Lipinski definition) is 0. The predicted molar refractivity (Wildman–Crippen MR) is 75.5 cm³/mol. The summed E-state index contributed by atoms with van der Waals surface area (Å²) in [6.45, 7) is 10.7. The zero-order chi connectivity index (χ0) is 12.5. The zero-order valence-corrected chi connectivity index (χ0v) is 11.7. The van der Waals surface area contributed by atoms with E-state index in [1.54, 1.807) is 0 Å². The summed E-state index contributed by atoms with van der Waals surface area (Å²) in [6.07, 6.45) is 3.88. The van der Waals surface area contributed by atoms with E-state index in [-0.39, 0.29) is 5.54 Å². The van der Waals surface area contributed by atoms with Crippen molar-refractivity contribution >= 4 is 5.69 Å². The van der Waals surface area contributed by atoms with E-state index in [2.05, 4.69) is 62.9 Å². The van der Waals surface area contributed by atoms with Gasteiger partial charge in [-0.2, -0.15) is 0 Å². The van der Waals surface area contributed by atoms with Crippen LogP contribution in [0.2, 0.25) is 0 Å². The summed E-state index contributed by atoms with van der Waals surface area (Å²) in [5.41, 5.74) is 2.17. The molecule has 17 heavy (non-hydrogen) atoms. The third-order valence-corrected chi connectivity index (χ3v) is 4.60. The number of benzene rings is 1. The fourth-order valence-corrected chi connectivity index (χ4v) is 3.39. The Bertz CT molecular complexity index is 362. The number of hydrogen-bond acceptors (Lipinski definition) is 1. The summed E-state index contributed by atoms with van der Waals surface area (Å²) in [6, 6.07) is 10.9. The third-order valence-electron chi connectivity index (χ3n) is 4.60. The molecular formula is C16H25N. The van der Waals surface area contributed by atoms with Crippen LogP contribution in [0.1, 0.15) is 47.0 Å². The molecule has 0 aromatic heterocycles. The first-order valence-corrected chi connectivity index (χ1v) is 6.86. The van der Waals surface area contributed by atoms with Crippen molar-refractivity contribution in [2.45, 2.75) is 52.5 Å². The fourth-order valence-electron chi connectivity index (χ4n) is 3.39. The van der Waals surface area contributed by atoms with Crippen molar-refractivity contribution in [1.29, 1.82) is 0 Å². The molecule has 1 heteroatoms. The van der Waals surface area contributed by atoms with Crippen molar-refractivity contribution in [2.75, 3.05) is 11.4 Å². The third kappa shape index (κ3) is 2.20. The first-order chi connectivity index (χ1) is 8.03. The number of nitrogens with zero attached hydrogens (tertiary/aromatic N) is 1. The second-order valence-electron chi connectivity index (χ2n) is 6.12. The molecular weight excluding hydrogens is 206 g/mol. The summed E-state index contributed by atoms with van der Waals surface area (Å²) in [7, 11) is 0. The Morgan fingerprint density at radius 2 is 1.65 bits per heavy atom. The molecule has 0 amide bonds. The van der Waals surface area contributed by atoms with E-state index < -0.39 is 0 Å². The average molecular weight is 231 g/mol. The van der Waals surface area contributed by atoms with E-state index in [9.17, 15) is 0 Å². The number of para-hydroxylation sites is 1. The Hall–Kier alpha value is -0.980. The van der Waals surface area contributed by atoms with Crippen LogP contribution in [0.5, 0.6) is 0 Å². The molecule has 0 unspecified atom stereocenters. The molecule has 94 valence electrons. The van der Waals surface area contributed by atoms with Crippen LogP contribution in [-0.2, 0) is 0 Å². The minimum Gasteiger partial charge on any atom is -0.366 e. The van der Waals surface area contributed by atoms with Crippen molar-refractivity contribution in [2.24, 2.45) is 5.41 Å². The Morgan fingerprint density at radius 1 is 1.06 bits per heavy atom. The SMILES string of the molecule is CCC1(CC)CN(c2ccccc2)C(C)(C)C1. The quantitative estimate of drug-likeness (QED) is 0.741. The van der Waals surface area contributed by atoms with Gasteiger partial charge < -0.3 is 4.90 Å². The van der Waals surface area contributed by atoms with E-state index in [0.29, 0.717) is 5.41 Å². The van der Waals surface area contributed by atoms with Crippen LogP contribution in [0.4, 0.5) is 5.69 Å². The van der Waals surface area contributed by atoms with Crippen LogP contribution in [0.3, 0.4) is 0 Å². The summed E-state index contributed by atoms with van der Waals surface area (Å²) >= 11 is 0. The van der Waals surface area contributed by atoms with Gasteiger partial charge in [-0.05, 0) is 50.7 Å². The van der Waals surface area contributed by atoms with E-state index in [4.69, 9.17) is 0 Å². The predicted octanol–water partition coefficient (Wildman–Crippen LogP) is 4.48. The lowest BCUT2D eigenvalue weighted by atomic mass is 9.78. The van der Waals surface area contributed by atoms with E-state index >= 15 is 0 Å². The molecule has 0 saturated carbocycles. The van der Waals surface area contributed by atoms with Crippen molar-refractivity contribution in [3.05, 3.63) is 30.3 Å². The first kappa shape index (κ1) is 12.5. The molecule has 0 spiro atoms. The second-order valence-corrected chi connectivity index (χ2v) is 6.12. The van der Waals surface area contributed by atoms with Crippen molar-refractivity contribution in [3.8, 4) is 0 Å². The summed E-state index contributed by atoms with van der Waals surface area (Å²) in [4.78, 5) is 2.60. The first-order valence-electron chi connectivity index (χ1n) is 6.86. The lowest BCUT2D eigenvalue weighted by molar-refractivity contribution is 0.276. The minimum atomic E-state index is 0.285. The van der Waals surface area contributed by atoms with E-state index in [1.165, 1.54) is 31.5 Å². The highest BCUT2D eigenvalue weighted by Crippen LogP contribution is 2.47. The Labute approximate surface area is 106 Å². The molecule has 1 nitrogen and oxygen atoms in total. The summed E-state index contributed by atoms with van der Waals surface area (Å²) in [5.74, 6) is 0. The maximum Gasteiger partial charge on any atom is 0.0370 e. The largest absolute Gasteiger partial charge is 0.366 e. The minimum absolute atomic E-state index is 0.285. The highest BCUT2D eigenvalue weighted by atomic mass is 15.2. The topological polar surface area (TPSA) is 3.24 Å². The van der Waals surface area contributed by atoms with Crippen LogP contribution in [0.15, 0.2) is 30.3 Å². The van der Waals surface area contributed by atoms with Crippen molar-refractivity contribution < 1.29 is 0 Å². The molecule has 1 aliphatic rings. The lowest BCUT2D eigenvalue weighted by Gasteiger charge is -2.33. The van der Waals surface area contributed by atoms with E-state index in [1.807, 2.05) is 0 Å². The van der Waals surface area contributed by atoms with Gasteiger partial charge in [0.1, 0.15) is 0 Å². The van der Waals surface area contributed by atoms with Crippen molar-refractivity contribution in [1.82, 2.24) is 0 Å². The second kappa shape index (κ2) is 4.36. The molecule has 1 aromatic carbocycles. The maximum atomic E-state index is 2.60. The standard InChI is InChI=1S/C16H25N/c1-5-16(6-2)12-15(3,4)17(13-16)14-10-8-7-9-11-14/h7-11H,5-6,12-13H2,1-4H3. The molecule has 0 N–H and O–H groups in total. The van der Waals surface area contributed by atoms with Gasteiger partial charge >= 0.3 is 0 Å². The van der Waals surface area contributed by atoms with Gasteiger partial charge in [-0.3, -0.25) is 0 Å². The maximum absolute atomic E-state index is 2.60. The van der Waals surface area contributed by atoms with Gasteiger partial charge in [-0.1, -0.05) is 32.0 Å². The summed E-state index contributed by atoms with van der Waals surface area (Å²) in [5, 5.41) is 0. The molecule has 0 atom stereocenters. The van der Waals surface area contributed by atoms with Gasteiger partial charge in [0.15, 0.2) is 0 Å². The van der Waals surface area contributed by atoms with Gasteiger partial charge in [0.05, 0.1) is 0 Å². The van der Waals surface area contributed by atoms with Gasteiger partial charge in [-0.25, -0.2) is 0 Å². The number of rotatable bonds is 3. The van der Waals surface area contributed by atoms with Crippen LogP contribution in [0.25, 0.3) is 0 Å². The highest BCUT2D eigenvalue weighted by molar-refractivity contribution is 5.50. The normalized spacial score (nSPS) is 21.8. The molecule has 1 aliphatic heterocycles. The molecule has 1 fully saturated rings. The molecule has 0 radical (unpaired) electrons. The lowest BCUT2D eigenvalue weighted by Crippen LogP contribution is -2.38. The van der Waals surface area contributed by atoms with Crippen LogP contribution >= 0.6 is 0 Å². The average Bonchev–Trinajstić information content (AvgIpc) is 2.63. The summed E-state index contributed by atoms with van der Waals surface area (Å²) < 4.78 is 0. The van der Waals surface area contributed by atoms with Crippen molar-refractivity contribution in [3.63, 3.8) is 0 Å². The van der Waals surface area contributed by atoms with Gasteiger partial charge in [-0.15, -0.1) is 0 Å². The number of anilines is 1. The van der Waals surface area contributed by atoms with E-state index in [0.717, 1.165) is 0 Å². The highest BCUT2D eigenvalue weighted by Gasteiger charge is 2.46. The fraction of sp³-hybridized carbons (Fsp3) is 0.625. The van der Waals surface area contributed by atoms with Crippen LogP contribution in [-0.4, -0.2) is 12.1 Å². The molecule has 1 aromatic rings. The Balaban J connectivity index is 2.30. The van der Waals surface area contributed by atoms with Gasteiger partial charge in [0, 0.05) is 17.8 Å². The zero-order valence-electron chi connectivity index (χ0n) is 11.7. The van der Waals surface area contributed by atoms with Gasteiger partial charge in [0.2, 0.25) is 0 Å². The van der Waals surface area contributed by atoms with Gasteiger partial charge in [0.25, 0.3) is 0 Å². The molecule has 0 aliphatic carbocycles. The van der Waals surface area contributed by atoms with Crippen LogP contribution in [0, 0.1) is 5.41 Å². The Morgan fingerprint density at radius 3 is 2.12 bits per heavy atom. The molecule has 1 heterocycles. The smallest absolute Gasteiger partial charge is 0.0370 e. The molecule has 0 bridgehead atoms. The Kier molecular flexibility index (Phi) is 3.20. The van der Waals surface area contributed by atoms with Crippen LogP contribution < -0.4 is 4.90 Å².